The third-order valence-electron chi connectivity index (χ3n) is 5.88. The number of ether oxygens (including phenoxy) is 3. The van der Waals surface area contributed by atoms with Crippen LogP contribution >= 0.6 is 12.9 Å². The number of thiol groups is 1. The highest BCUT2D eigenvalue weighted by Crippen LogP contribution is 2.51. The van der Waals surface area contributed by atoms with Crippen LogP contribution in [0.3, 0.4) is 0 Å². The molecule has 0 bridgehead atoms. The van der Waals surface area contributed by atoms with Crippen molar-refractivity contribution in [3.63, 3.8) is 0 Å². The fourth-order valence-corrected chi connectivity index (χ4v) is 4.72. The van der Waals surface area contributed by atoms with Crippen molar-refractivity contribution in [1.82, 2.24) is 5.32 Å². The number of nitrogens with one attached hydrogen (secondary N) is 1. The van der Waals surface area contributed by atoms with Gasteiger partial charge in [0.15, 0.2) is 0 Å². The van der Waals surface area contributed by atoms with Crippen molar-refractivity contribution < 1.29 is 23.2 Å². The van der Waals surface area contributed by atoms with Crippen LogP contribution in [0.4, 0.5) is 4.79 Å². The second-order valence-electron chi connectivity index (χ2n) is 9.18. The maximum atomic E-state index is 12.5. The summed E-state index contributed by atoms with van der Waals surface area (Å²) in [7, 11) is 1.70. The van der Waals surface area contributed by atoms with Gasteiger partial charge in [0.25, 0.3) is 0 Å². The van der Waals surface area contributed by atoms with Gasteiger partial charge in [0.05, 0.1) is 24.4 Å². The first-order valence-corrected chi connectivity index (χ1v) is 10.6. The first-order valence-electron chi connectivity index (χ1n) is 10.2. The molecular weight excluding hydrogens is 378 g/mol. The van der Waals surface area contributed by atoms with Crippen molar-refractivity contribution >= 4 is 19.0 Å². The summed E-state index contributed by atoms with van der Waals surface area (Å²) < 4.78 is 22.5. The van der Waals surface area contributed by atoms with Crippen LogP contribution in [-0.2, 0) is 18.4 Å². The van der Waals surface area contributed by atoms with Gasteiger partial charge in [-0.3, -0.25) is 0 Å². The number of hydrogen-bond donors (Lipinski definition) is 2. The number of epoxide rings is 1. The van der Waals surface area contributed by atoms with E-state index in [1.807, 2.05) is 13.8 Å². The summed E-state index contributed by atoms with van der Waals surface area (Å²) in [5, 5.41) is 2.85. The third kappa shape index (κ3) is 6.12. The number of carbonyl (C=O) groups excluding carboxylic acids is 1. The number of allylic oxidation sites excluding steroid dienone is 2. The Labute approximate surface area is 175 Å². The molecule has 2 rings (SSSR count). The van der Waals surface area contributed by atoms with Gasteiger partial charge in [-0.15, -0.1) is 0 Å². The van der Waals surface area contributed by atoms with Crippen molar-refractivity contribution in [3.8, 4) is 0 Å². The zero-order valence-electron chi connectivity index (χ0n) is 18.1. The highest BCUT2D eigenvalue weighted by molar-refractivity contribution is 7.75. The lowest BCUT2D eigenvalue weighted by molar-refractivity contribution is -0.115. The van der Waals surface area contributed by atoms with Gasteiger partial charge in [0.1, 0.15) is 12.2 Å². The summed E-state index contributed by atoms with van der Waals surface area (Å²) in [6.07, 6.45) is 5.09. The van der Waals surface area contributed by atoms with Crippen molar-refractivity contribution in [2.24, 2.45) is 11.8 Å². The van der Waals surface area contributed by atoms with Crippen LogP contribution in [0, 0.1) is 11.8 Å². The predicted molar refractivity (Wildman–Crippen MR) is 112 cm³/mol. The Hall–Kier alpha value is -0.760. The Morgan fingerprint density at radius 2 is 2.11 bits per heavy atom. The molecule has 0 radical (unpaired) electrons. The molecule has 1 aliphatic heterocycles. The summed E-state index contributed by atoms with van der Waals surface area (Å²) in [6, 6.07) is 0. The molecule has 1 heterocycles. The second kappa shape index (κ2) is 9.83. The molecule has 5 unspecified atom stereocenters. The van der Waals surface area contributed by atoms with Crippen LogP contribution in [-0.4, -0.2) is 49.8 Å². The van der Waals surface area contributed by atoms with Gasteiger partial charge < -0.3 is 23.7 Å². The zero-order valence-corrected chi connectivity index (χ0v) is 19.0. The Morgan fingerprint density at radius 3 is 2.64 bits per heavy atom. The molecule has 6 nitrogen and oxygen atoms in total. The highest BCUT2D eigenvalue weighted by Gasteiger charge is 2.60. The average molecular weight is 416 g/mol. The molecule has 1 amide bonds. The van der Waals surface area contributed by atoms with Crippen LogP contribution < -0.4 is 5.32 Å². The molecule has 1 aliphatic carbocycles. The minimum absolute atomic E-state index is 0.111. The quantitative estimate of drug-likeness (QED) is 0.254. The van der Waals surface area contributed by atoms with Crippen LogP contribution in [0.25, 0.3) is 0 Å². The van der Waals surface area contributed by atoms with Gasteiger partial charge in [-0.05, 0) is 72.2 Å². The summed E-state index contributed by atoms with van der Waals surface area (Å²) in [5.41, 5.74) is 0.663. The molecule has 1 saturated heterocycles. The van der Waals surface area contributed by atoms with E-state index in [4.69, 9.17) is 18.4 Å². The SMILES string of the molecule is COC1C(OC(=O)NC(C)(C)COS)CCC2(CO2)C1C(C)CCC=C(C)C. The maximum Gasteiger partial charge on any atom is 0.407 e. The number of carbonyl (C=O) groups is 1. The van der Waals surface area contributed by atoms with Crippen molar-refractivity contribution in [1.29, 1.82) is 0 Å². The minimum atomic E-state index is -0.562. The summed E-state index contributed by atoms with van der Waals surface area (Å²) in [5.74, 6) is 0.620. The van der Waals surface area contributed by atoms with E-state index in [1.165, 1.54) is 5.57 Å². The molecule has 7 heteroatoms. The van der Waals surface area contributed by atoms with E-state index in [2.05, 4.69) is 45.1 Å². The van der Waals surface area contributed by atoms with Crippen molar-refractivity contribution in [2.45, 2.75) is 83.6 Å². The molecule has 2 aliphatic rings. The summed E-state index contributed by atoms with van der Waals surface area (Å²) >= 11 is 3.77. The monoisotopic (exact) mass is 415 g/mol. The van der Waals surface area contributed by atoms with E-state index in [9.17, 15) is 4.79 Å². The molecule has 0 aromatic rings. The lowest BCUT2D eigenvalue weighted by Gasteiger charge is -2.43. The maximum absolute atomic E-state index is 12.5. The first-order chi connectivity index (χ1) is 13.1. The standard InChI is InChI=1S/C21H37NO5S/c1-14(2)8-7-9-15(3)17-18(24-6)16(10-11-21(17)13-25-21)27-19(23)22-20(4,5)12-26-28/h8,15-18,28H,7,9-13H2,1-6H3,(H,22,23). The fourth-order valence-electron chi connectivity index (χ4n) is 4.40. The number of hydrogen-bond acceptors (Lipinski definition) is 6. The van der Waals surface area contributed by atoms with E-state index in [0.717, 1.165) is 32.3 Å². The van der Waals surface area contributed by atoms with Gasteiger partial charge >= 0.3 is 6.09 Å². The molecule has 28 heavy (non-hydrogen) atoms. The van der Waals surface area contributed by atoms with E-state index in [0.29, 0.717) is 5.92 Å². The number of amides is 1. The van der Waals surface area contributed by atoms with E-state index in [1.54, 1.807) is 7.11 Å². The van der Waals surface area contributed by atoms with Gasteiger partial charge in [-0.1, -0.05) is 18.6 Å². The van der Waals surface area contributed by atoms with Crippen LogP contribution in [0.1, 0.15) is 60.3 Å². The predicted octanol–water partition coefficient (Wildman–Crippen LogP) is 4.30. The fraction of sp³-hybridized carbons (Fsp3) is 0.857. The van der Waals surface area contributed by atoms with Crippen molar-refractivity contribution in [2.75, 3.05) is 20.3 Å². The zero-order chi connectivity index (χ0) is 20.9. The number of rotatable bonds is 9. The molecule has 1 spiro atoms. The molecule has 162 valence electrons. The van der Waals surface area contributed by atoms with E-state index >= 15 is 0 Å². The number of alkyl carbamates (subject to hydrolysis) is 1. The Kier molecular flexibility index (Phi) is 8.26. The van der Waals surface area contributed by atoms with E-state index < -0.39 is 11.6 Å². The molecule has 2 fully saturated rings. The third-order valence-corrected chi connectivity index (χ3v) is 6.01. The normalized spacial score (nSPS) is 30.6. The largest absolute Gasteiger partial charge is 0.443 e. The van der Waals surface area contributed by atoms with Gasteiger partial charge in [0, 0.05) is 13.0 Å². The molecule has 0 aromatic carbocycles. The minimum Gasteiger partial charge on any atom is -0.443 e. The molecule has 0 aromatic heterocycles. The topological polar surface area (TPSA) is 69.3 Å². The number of methoxy groups -OCH3 is 1. The molecular formula is C21H37NO5S. The van der Waals surface area contributed by atoms with Crippen LogP contribution in [0.2, 0.25) is 0 Å². The smallest absolute Gasteiger partial charge is 0.407 e. The van der Waals surface area contributed by atoms with Crippen LogP contribution in [0.5, 0.6) is 0 Å². The summed E-state index contributed by atoms with van der Waals surface area (Å²) in [6.45, 7) is 11.3. The second-order valence-corrected chi connectivity index (χ2v) is 9.44. The van der Waals surface area contributed by atoms with Gasteiger partial charge in [-0.25, -0.2) is 4.79 Å². The molecule has 5 atom stereocenters. The Bertz CT molecular complexity index is 557. The van der Waals surface area contributed by atoms with Gasteiger partial charge in [-0.2, -0.15) is 0 Å². The average Bonchev–Trinajstić information content (AvgIpc) is 3.35. The Balaban J connectivity index is 2.04. The van der Waals surface area contributed by atoms with Crippen LogP contribution in [0.15, 0.2) is 11.6 Å². The Morgan fingerprint density at radius 1 is 1.43 bits per heavy atom. The first kappa shape index (κ1) is 23.5. The molecule has 1 N–H and O–H groups in total. The van der Waals surface area contributed by atoms with Crippen molar-refractivity contribution in [3.05, 3.63) is 11.6 Å². The lowest BCUT2D eigenvalue weighted by Crippen LogP contribution is -2.54. The lowest BCUT2D eigenvalue weighted by atomic mass is 9.68. The highest BCUT2D eigenvalue weighted by atomic mass is 32.1. The summed E-state index contributed by atoms with van der Waals surface area (Å²) in [4.78, 5) is 12.5. The van der Waals surface area contributed by atoms with E-state index in [-0.39, 0.29) is 30.3 Å². The molecule has 1 saturated carbocycles. The van der Waals surface area contributed by atoms with Gasteiger partial charge in [0.2, 0.25) is 0 Å².